The Morgan fingerprint density at radius 3 is 1.20 bits per heavy atom. The van der Waals surface area contributed by atoms with Gasteiger partial charge in [0.25, 0.3) is 0 Å². The summed E-state index contributed by atoms with van der Waals surface area (Å²) in [5, 5.41) is 3.95. The SMILES string of the molecule is Cc1ccc(C2=c3\cccc\c3=N/C(c3ccc(C)cc3)=c3/cccc/c3=N\2)cc1. The second-order valence-electron chi connectivity index (χ2n) is 7.69. The number of hydrogen-bond donors (Lipinski definition) is 0. The maximum absolute atomic E-state index is 5.17. The number of rotatable bonds is 2. The lowest BCUT2D eigenvalue weighted by Crippen LogP contribution is -2.34. The standard InChI is InChI=1S/C28H22N2/c1-19-11-15-21(16-12-19)27-23-7-3-5-9-25(23)30-28(22-17-13-20(2)14-18-22)24-8-4-6-10-26(24)29-27/h3-18H,1-2H3/b27-23-,28-24-,29-26+,29-27?,30-25+,30-28?. The first kappa shape index (κ1) is 18.3. The van der Waals surface area contributed by atoms with Gasteiger partial charge >= 0.3 is 0 Å². The maximum Gasteiger partial charge on any atom is 0.0803 e. The largest absolute Gasteiger partial charge is 0.247 e. The molecule has 0 spiro atoms. The maximum atomic E-state index is 5.17. The third-order valence-electron chi connectivity index (χ3n) is 5.43. The van der Waals surface area contributed by atoms with Crippen LogP contribution in [0.2, 0.25) is 0 Å². The molecule has 144 valence electrons. The van der Waals surface area contributed by atoms with Crippen molar-refractivity contribution in [3.05, 3.63) is 140 Å². The smallest absolute Gasteiger partial charge is 0.0803 e. The van der Waals surface area contributed by atoms with E-state index in [4.69, 9.17) is 9.98 Å². The first-order chi connectivity index (χ1) is 14.7. The summed E-state index contributed by atoms with van der Waals surface area (Å²) in [5.74, 6) is 0. The van der Waals surface area contributed by atoms with Crippen molar-refractivity contribution in [2.75, 3.05) is 0 Å². The molecule has 0 aliphatic carbocycles. The molecule has 0 bridgehead atoms. The van der Waals surface area contributed by atoms with E-state index >= 15 is 0 Å². The molecule has 0 saturated heterocycles. The Morgan fingerprint density at radius 2 is 0.800 bits per heavy atom. The molecular weight excluding hydrogens is 364 g/mol. The van der Waals surface area contributed by atoms with Crippen molar-refractivity contribution in [3.8, 4) is 0 Å². The number of aryl methyl sites for hydroxylation is 2. The highest BCUT2D eigenvalue weighted by Gasteiger charge is 2.09. The fourth-order valence-electron chi connectivity index (χ4n) is 3.77. The van der Waals surface area contributed by atoms with Crippen LogP contribution in [0.1, 0.15) is 22.3 Å². The van der Waals surface area contributed by atoms with Crippen molar-refractivity contribution in [3.63, 3.8) is 0 Å². The van der Waals surface area contributed by atoms with Gasteiger partial charge in [0.2, 0.25) is 0 Å². The topological polar surface area (TPSA) is 24.7 Å². The van der Waals surface area contributed by atoms with Gasteiger partial charge in [-0.25, -0.2) is 9.98 Å². The molecule has 4 aromatic rings. The van der Waals surface area contributed by atoms with E-state index in [1.54, 1.807) is 0 Å². The molecule has 30 heavy (non-hydrogen) atoms. The van der Waals surface area contributed by atoms with Crippen LogP contribution in [0, 0.1) is 13.8 Å². The van der Waals surface area contributed by atoms with Crippen LogP contribution in [0.15, 0.2) is 107 Å². The normalized spacial score (nSPS) is 18.6. The van der Waals surface area contributed by atoms with Gasteiger partial charge in [-0.15, -0.1) is 0 Å². The second kappa shape index (κ2) is 7.57. The zero-order chi connectivity index (χ0) is 20.5. The summed E-state index contributed by atoms with van der Waals surface area (Å²) in [5.41, 5.74) is 6.56. The Kier molecular flexibility index (Phi) is 4.61. The molecule has 2 heteroatoms. The van der Waals surface area contributed by atoms with Gasteiger partial charge in [0.05, 0.1) is 22.1 Å². The molecule has 0 aromatic heterocycles. The molecule has 0 N–H and O–H groups in total. The molecule has 0 amide bonds. The van der Waals surface area contributed by atoms with E-state index in [2.05, 4.69) is 98.8 Å². The molecule has 0 saturated carbocycles. The van der Waals surface area contributed by atoms with E-state index in [0.717, 1.165) is 43.7 Å². The minimum Gasteiger partial charge on any atom is -0.247 e. The minimum absolute atomic E-state index is 0.932. The molecular formula is C28H22N2. The first-order valence-electron chi connectivity index (χ1n) is 10.2. The van der Waals surface area contributed by atoms with Crippen molar-refractivity contribution < 1.29 is 0 Å². The quantitative estimate of drug-likeness (QED) is 0.503. The average Bonchev–Trinajstić information content (AvgIpc) is 2.77. The minimum atomic E-state index is 0.932. The van der Waals surface area contributed by atoms with Gasteiger partial charge in [-0.05, 0) is 26.0 Å². The fourth-order valence-corrected chi connectivity index (χ4v) is 3.77. The Hall–Kier alpha value is -3.78. The Morgan fingerprint density at radius 1 is 0.433 bits per heavy atom. The molecule has 0 unspecified atom stereocenters. The van der Waals surface area contributed by atoms with E-state index in [0.29, 0.717) is 0 Å². The number of nitrogens with zero attached hydrogens (tertiary/aromatic N) is 2. The summed E-state index contributed by atoms with van der Waals surface area (Å²) in [7, 11) is 0. The molecule has 2 nitrogen and oxygen atoms in total. The lowest BCUT2D eigenvalue weighted by Gasteiger charge is -2.09. The molecule has 0 radical (unpaired) electrons. The van der Waals surface area contributed by atoms with Crippen LogP contribution in [-0.2, 0) is 0 Å². The van der Waals surface area contributed by atoms with Crippen molar-refractivity contribution in [1.82, 2.24) is 0 Å². The Bertz CT molecular complexity index is 1360. The van der Waals surface area contributed by atoms with Gasteiger partial charge in [-0.1, -0.05) is 96.1 Å². The number of hydrogen-bond acceptors (Lipinski definition) is 2. The highest BCUT2D eigenvalue weighted by atomic mass is 14.8. The van der Waals surface area contributed by atoms with Crippen molar-refractivity contribution in [2.45, 2.75) is 13.8 Å². The summed E-state index contributed by atoms with van der Waals surface area (Å²) in [6.45, 7) is 4.20. The summed E-state index contributed by atoms with van der Waals surface area (Å²) >= 11 is 0. The highest BCUT2D eigenvalue weighted by Crippen LogP contribution is 2.15. The fraction of sp³-hybridized carbons (Fsp3) is 0.0714. The zero-order valence-corrected chi connectivity index (χ0v) is 17.1. The lowest BCUT2D eigenvalue weighted by molar-refractivity contribution is 1.20. The summed E-state index contributed by atoms with van der Waals surface area (Å²) < 4.78 is 0. The van der Waals surface area contributed by atoms with Crippen LogP contribution < -0.4 is 21.2 Å². The predicted molar refractivity (Wildman–Crippen MR) is 122 cm³/mol. The number of para-hydroxylation sites is 2. The molecule has 4 aromatic carbocycles. The van der Waals surface area contributed by atoms with Crippen LogP contribution in [0.25, 0.3) is 11.4 Å². The van der Waals surface area contributed by atoms with Crippen molar-refractivity contribution in [1.29, 1.82) is 0 Å². The van der Waals surface area contributed by atoms with Crippen LogP contribution in [0.3, 0.4) is 0 Å². The monoisotopic (exact) mass is 386 g/mol. The lowest BCUT2D eigenvalue weighted by atomic mass is 10.0. The second-order valence-corrected chi connectivity index (χ2v) is 7.69. The van der Waals surface area contributed by atoms with E-state index in [1.165, 1.54) is 11.1 Å². The Balaban J connectivity index is 1.93. The predicted octanol–water partition coefficient (Wildman–Crippen LogP) is 3.57. The summed E-state index contributed by atoms with van der Waals surface area (Å²) in [6.07, 6.45) is 0. The Labute approximate surface area is 175 Å². The van der Waals surface area contributed by atoms with Crippen LogP contribution >= 0.6 is 0 Å². The van der Waals surface area contributed by atoms with Gasteiger partial charge in [0, 0.05) is 21.6 Å². The van der Waals surface area contributed by atoms with Gasteiger partial charge in [-0.3, -0.25) is 0 Å². The number of fused-ring (bicyclic) bond motifs is 2. The van der Waals surface area contributed by atoms with Crippen LogP contribution in [0.4, 0.5) is 0 Å². The first-order valence-corrected chi connectivity index (χ1v) is 10.2. The summed E-state index contributed by atoms with van der Waals surface area (Å²) in [6, 6.07) is 33.6. The highest BCUT2D eigenvalue weighted by molar-refractivity contribution is 5.68. The average molecular weight is 386 g/mol. The molecule has 1 aliphatic heterocycles. The van der Waals surface area contributed by atoms with Crippen LogP contribution in [0.5, 0.6) is 0 Å². The molecule has 1 heterocycles. The summed E-state index contributed by atoms with van der Waals surface area (Å²) in [4.78, 5) is 10.3. The molecule has 0 atom stereocenters. The van der Waals surface area contributed by atoms with E-state index in [9.17, 15) is 0 Å². The van der Waals surface area contributed by atoms with Crippen molar-refractivity contribution in [2.24, 2.45) is 9.98 Å². The van der Waals surface area contributed by atoms with Gasteiger partial charge in [0.1, 0.15) is 0 Å². The van der Waals surface area contributed by atoms with E-state index < -0.39 is 0 Å². The molecule has 1 aliphatic rings. The van der Waals surface area contributed by atoms with Gasteiger partial charge in [0.15, 0.2) is 0 Å². The van der Waals surface area contributed by atoms with Gasteiger partial charge < -0.3 is 0 Å². The third kappa shape index (κ3) is 3.37. The van der Waals surface area contributed by atoms with Crippen LogP contribution in [-0.4, -0.2) is 0 Å². The van der Waals surface area contributed by atoms with E-state index in [-0.39, 0.29) is 0 Å². The third-order valence-corrected chi connectivity index (χ3v) is 5.43. The number of benzene rings is 4. The molecule has 5 rings (SSSR count). The van der Waals surface area contributed by atoms with E-state index in [1.807, 2.05) is 12.1 Å². The van der Waals surface area contributed by atoms with Crippen molar-refractivity contribution >= 4 is 11.4 Å². The molecule has 0 fully saturated rings. The van der Waals surface area contributed by atoms with Gasteiger partial charge in [-0.2, -0.15) is 0 Å². The zero-order valence-electron chi connectivity index (χ0n) is 17.1.